The van der Waals surface area contributed by atoms with E-state index < -0.39 is 0 Å². The van der Waals surface area contributed by atoms with E-state index in [2.05, 4.69) is 12.2 Å². The van der Waals surface area contributed by atoms with Gasteiger partial charge >= 0.3 is 0 Å². The Morgan fingerprint density at radius 1 is 0.957 bits per heavy atom. The number of benzene rings is 2. The molecule has 1 heterocycles. The number of amides is 2. The average molecular weight is 306 g/mol. The molecule has 23 heavy (non-hydrogen) atoms. The van der Waals surface area contributed by atoms with Gasteiger partial charge in [0.25, 0.3) is 11.8 Å². The first kappa shape index (κ1) is 15.0. The van der Waals surface area contributed by atoms with E-state index in [0.717, 1.165) is 23.2 Å². The highest BCUT2D eigenvalue weighted by Gasteiger charge is 2.31. The van der Waals surface area contributed by atoms with Crippen LogP contribution in [-0.2, 0) is 22.6 Å². The lowest BCUT2D eigenvalue weighted by atomic mass is 10.1. The zero-order valence-corrected chi connectivity index (χ0v) is 13.0. The van der Waals surface area contributed by atoms with Gasteiger partial charge in [0.1, 0.15) is 5.70 Å². The second-order valence-electron chi connectivity index (χ2n) is 5.41. The SMILES string of the molecule is CCc1ccccc1NC1=CC(=O)N(Cc2ccccc2)C1=O. The number of aryl methyl sites for hydroxylation is 1. The third-order valence-electron chi connectivity index (χ3n) is 3.86. The molecule has 4 nitrogen and oxygen atoms in total. The number of hydrogen-bond donors (Lipinski definition) is 1. The highest BCUT2D eigenvalue weighted by atomic mass is 16.2. The van der Waals surface area contributed by atoms with Gasteiger partial charge in [-0.25, -0.2) is 0 Å². The summed E-state index contributed by atoms with van der Waals surface area (Å²) in [6.45, 7) is 2.34. The fourth-order valence-corrected chi connectivity index (χ4v) is 2.61. The maximum Gasteiger partial charge on any atom is 0.277 e. The molecule has 0 aromatic heterocycles. The molecule has 4 heteroatoms. The molecule has 0 bridgehead atoms. The molecule has 0 atom stereocenters. The first-order chi connectivity index (χ1) is 11.2. The van der Waals surface area contributed by atoms with Gasteiger partial charge in [0, 0.05) is 11.8 Å². The summed E-state index contributed by atoms with van der Waals surface area (Å²) in [6.07, 6.45) is 2.23. The molecule has 0 saturated carbocycles. The molecule has 3 rings (SSSR count). The molecule has 0 fully saturated rings. The summed E-state index contributed by atoms with van der Waals surface area (Å²) < 4.78 is 0. The lowest BCUT2D eigenvalue weighted by Crippen LogP contribution is -2.31. The number of anilines is 1. The van der Waals surface area contributed by atoms with E-state index >= 15 is 0 Å². The summed E-state index contributed by atoms with van der Waals surface area (Å²) in [5.41, 5.74) is 3.23. The summed E-state index contributed by atoms with van der Waals surface area (Å²) >= 11 is 0. The van der Waals surface area contributed by atoms with Crippen molar-refractivity contribution < 1.29 is 9.59 Å². The van der Waals surface area contributed by atoms with Crippen LogP contribution in [0.3, 0.4) is 0 Å². The number of carbonyl (C=O) groups is 2. The van der Waals surface area contributed by atoms with E-state index in [1.165, 1.54) is 11.0 Å². The summed E-state index contributed by atoms with van der Waals surface area (Å²) in [7, 11) is 0. The fraction of sp³-hybridized carbons (Fsp3) is 0.158. The first-order valence-corrected chi connectivity index (χ1v) is 7.65. The van der Waals surface area contributed by atoms with Gasteiger partial charge < -0.3 is 5.32 Å². The van der Waals surface area contributed by atoms with Crippen molar-refractivity contribution in [3.63, 3.8) is 0 Å². The first-order valence-electron chi connectivity index (χ1n) is 7.65. The molecule has 0 saturated heterocycles. The van der Waals surface area contributed by atoms with Crippen molar-refractivity contribution >= 4 is 17.5 Å². The van der Waals surface area contributed by atoms with Gasteiger partial charge in [-0.2, -0.15) is 0 Å². The van der Waals surface area contributed by atoms with Crippen molar-refractivity contribution in [3.8, 4) is 0 Å². The summed E-state index contributed by atoms with van der Waals surface area (Å²) in [5, 5.41) is 3.11. The molecule has 2 amide bonds. The Morgan fingerprint density at radius 2 is 1.65 bits per heavy atom. The molecule has 116 valence electrons. The van der Waals surface area contributed by atoms with Crippen LogP contribution in [0.25, 0.3) is 0 Å². The number of hydrogen-bond acceptors (Lipinski definition) is 3. The molecule has 0 aliphatic carbocycles. The summed E-state index contributed by atoms with van der Waals surface area (Å²) in [5.74, 6) is -0.569. The quantitative estimate of drug-likeness (QED) is 0.864. The lowest BCUT2D eigenvalue weighted by molar-refractivity contribution is -0.137. The van der Waals surface area contributed by atoms with E-state index in [4.69, 9.17) is 0 Å². The number of imide groups is 1. The molecule has 1 aliphatic heterocycles. The largest absolute Gasteiger partial charge is 0.351 e. The van der Waals surface area contributed by atoms with Crippen LogP contribution < -0.4 is 5.32 Å². The zero-order valence-electron chi connectivity index (χ0n) is 13.0. The van der Waals surface area contributed by atoms with Crippen LogP contribution in [0, 0.1) is 0 Å². The lowest BCUT2D eigenvalue weighted by Gasteiger charge is -2.16. The van der Waals surface area contributed by atoms with Gasteiger partial charge in [-0.3, -0.25) is 14.5 Å². The Morgan fingerprint density at radius 3 is 2.39 bits per heavy atom. The molecule has 0 spiro atoms. The van der Waals surface area contributed by atoms with Crippen LogP contribution in [0.1, 0.15) is 18.1 Å². The molecular weight excluding hydrogens is 288 g/mol. The zero-order chi connectivity index (χ0) is 16.2. The highest BCUT2D eigenvalue weighted by molar-refractivity contribution is 6.17. The minimum Gasteiger partial charge on any atom is -0.351 e. The molecule has 1 aliphatic rings. The Bertz CT molecular complexity index is 766. The van der Waals surface area contributed by atoms with Crippen molar-refractivity contribution in [2.45, 2.75) is 19.9 Å². The number of para-hydroxylation sites is 1. The van der Waals surface area contributed by atoms with Gasteiger partial charge in [0.05, 0.1) is 6.54 Å². The van der Waals surface area contributed by atoms with Crippen molar-refractivity contribution in [1.82, 2.24) is 4.90 Å². The number of nitrogens with zero attached hydrogens (tertiary/aromatic N) is 1. The van der Waals surface area contributed by atoms with E-state index in [-0.39, 0.29) is 18.4 Å². The van der Waals surface area contributed by atoms with E-state index in [0.29, 0.717) is 5.70 Å². The normalized spacial score (nSPS) is 14.1. The van der Waals surface area contributed by atoms with Crippen LogP contribution in [0.5, 0.6) is 0 Å². The highest BCUT2D eigenvalue weighted by Crippen LogP contribution is 2.22. The van der Waals surface area contributed by atoms with Crippen molar-refractivity contribution in [1.29, 1.82) is 0 Å². The molecule has 0 radical (unpaired) electrons. The van der Waals surface area contributed by atoms with Crippen LogP contribution in [0.4, 0.5) is 5.69 Å². The third-order valence-corrected chi connectivity index (χ3v) is 3.86. The second-order valence-corrected chi connectivity index (χ2v) is 5.41. The van der Waals surface area contributed by atoms with Crippen LogP contribution >= 0.6 is 0 Å². The molecule has 2 aromatic rings. The minimum atomic E-state index is -0.287. The molecule has 2 aromatic carbocycles. The number of nitrogens with one attached hydrogen (secondary N) is 1. The van der Waals surface area contributed by atoms with Gasteiger partial charge in [-0.1, -0.05) is 55.5 Å². The predicted octanol–water partition coefficient (Wildman–Crippen LogP) is 3.11. The van der Waals surface area contributed by atoms with Gasteiger partial charge in [0.15, 0.2) is 0 Å². The predicted molar refractivity (Wildman–Crippen MR) is 89.5 cm³/mol. The van der Waals surface area contributed by atoms with Crippen LogP contribution in [0.15, 0.2) is 66.4 Å². The second kappa shape index (κ2) is 6.48. The molecule has 0 unspecified atom stereocenters. The van der Waals surface area contributed by atoms with Crippen molar-refractivity contribution in [2.75, 3.05) is 5.32 Å². The monoisotopic (exact) mass is 306 g/mol. The van der Waals surface area contributed by atoms with Crippen LogP contribution in [-0.4, -0.2) is 16.7 Å². The smallest absolute Gasteiger partial charge is 0.277 e. The Hall–Kier alpha value is -2.88. The van der Waals surface area contributed by atoms with Crippen molar-refractivity contribution in [2.24, 2.45) is 0 Å². The fourth-order valence-electron chi connectivity index (χ4n) is 2.61. The third kappa shape index (κ3) is 3.16. The summed E-state index contributed by atoms with van der Waals surface area (Å²) in [6, 6.07) is 17.3. The summed E-state index contributed by atoms with van der Waals surface area (Å²) in [4.78, 5) is 25.9. The molecule has 1 N–H and O–H groups in total. The maximum absolute atomic E-state index is 12.5. The average Bonchev–Trinajstić information content (AvgIpc) is 2.84. The molecular formula is C19H18N2O2. The number of carbonyl (C=O) groups excluding carboxylic acids is 2. The van der Waals surface area contributed by atoms with Gasteiger partial charge in [-0.15, -0.1) is 0 Å². The standard InChI is InChI=1S/C19H18N2O2/c1-2-15-10-6-7-11-16(15)20-17-12-18(22)21(19(17)23)13-14-8-4-3-5-9-14/h3-12,20H,2,13H2,1H3. The minimum absolute atomic E-state index is 0.282. The maximum atomic E-state index is 12.5. The topological polar surface area (TPSA) is 49.4 Å². The Balaban J connectivity index is 1.76. The van der Waals surface area contributed by atoms with E-state index in [1.807, 2.05) is 54.6 Å². The van der Waals surface area contributed by atoms with E-state index in [1.54, 1.807) is 0 Å². The number of rotatable bonds is 5. The Kier molecular flexibility index (Phi) is 4.24. The van der Waals surface area contributed by atoms with Gasteiger partial charge in [0.2, 0.25) is 0 Å². The van der Waals surface area contributed by atoms with E-state index in [9.17, 15) is 9.59 Å². The Labute approximate surface area is 135 Å². The van der Waals surface area contributed by atoms with Crippen molar-refractivity contribution in [3.05, 3.63) is 77.5 Å². The van der Waals surface area contributed by atoms with Crippen LogP contribution in [0.2, 0.25) is 0 Å². The van der Waals surface area contributed by atoms with Gasteiger partial charge in [-0.05, 0) is 23.6 Å².